The van der Waals surface area contributed by atoms with Crippen LogP contribution in [0, 0.1) is 0 Å². The van der Waals surface area contributed by atoms with Crippen molar-refractivity contribution in [3.63, 3.8) is 0 Å². The lowest BCUT2D eigenvalue weighted by Crippen LogP contribution is -2.29. The van der Waals surface area contributed by atoms with Crippen molar-refractivity contribution in [2.24, 2.45) is 0 Å². The van der Waals surface area contributed by atoms with E-state index in [-0.39, 0.29) is 5.97 Å². The molecular formula is C9H15NO2. The third-order valence-electron chi connectivity index (χ3n) is 1.97. The maximum atomic E-state index is 10.6. The zero-order chi connectivity index (χ0) is 8.97. The molecule has 12 heavy (non-hydrogen) atoms. The Hall–Kier alpha value is -0.830. The van der Waals surface area contributed by atoms with Gasteiger partial charge in [0.15, 0.2) is 0 Å². The molecule has 0 fully saturated rings. The second-order valence-electron chi connectivity index (χ2n) is 2.91. The molecule has 1 heterocycles. The van der Waals surface area contributed by atoms with Gasteiger partial charge >= 0.3 is 5.97 Å². The van der Waals surface area contributed by atoms with Gasteiger partial charge < -0.3 is 4.74 Å². The van der Waals surface area contributed by atoms with Crippen LogP contribution >= 0.6 is 0 Å². The highest BCUT2D eigenvalue weighted by atomic mass is 16.5. The molecule has 1 rings (SSSR count). The first-order valence-corrected chi connectivity index (χ1v) is 4.32. The molecule has 0 N–H and O–H groups in total. The lowest BCUT2D eigenvalue weighted by Gasteiger charge is -2.23. The van der Waals surface area contributed by atoms with Crippen molar-refractivity contribution in [2.75, 3.05) is 19.6 Å². The summed E-state index contributed by atoms with van der Waals surface area (Å²) in [6, 6.07) is 0. The molecule has 0 atom stereocenters. The van der Waals surface area contributed by atoms with E-state index in [4.69, 9.17) is 4.74 Å². The molecule has 0 saturated carbocycles. The van der Waals surface area contributed by atoms with Crippen LogP contribution in [0.2, 0.25) is 0 Å². The third-order valence-corrected chi connectivity index (χ3v) is 1.97. The smallest absolute Gasteiger partial charge is 0.307 e. The largest absolute Gasteiger partial charge is 0.432 e. The van der Waals surface area contributed by atoms with Crippen LogP contribution in [-0.2, 0) is 9.53 Å². The minimum atomic E-state index is -0.216. The van der Waals surface area contributed by atoms with Gasteiger partial charge in [0, 0.05) is 26.4 Å². The van der Waals surface area contributed by atoms with Gasteiger partial charge in [-0.05, 0) is 12.6 Å². The summed E-state index contributed by atoms with van der Waals surface area (Å²) >= 11 is 0. The zero-order valence-corrected chi connectivity index (χ0v) is 7.67. The molecule has 0 aromatic rings. The second-order valence-corrected chi connectivity index (χ2v) is 2.91. The van der Waals surface area contributed by atoms with Crippen LogP contribution < -0.4 is 0 Å². The number of esters is 1. The average molecular weight is 169 g/mol. The number of carbonyl (C=O) groups excluding carboxylic acids is 1. The van der Waals surface area contributed by atoms with Crippen LogP contribution in [0.5, 0.6) is 0 Å². The molecule has 0 unspecified atom stereocenters. The number of hydrogen-bond acceptors (Lipinski definition) is 3. The number of carbonyl (C=O) groups is 1. The van der Waals surface area contributed by atoms with Crippen LogP contribution in [0.3, 0.4) is 0 Å². The summed E-state index contributed by atoms with van der Waals surface area (Å²) in [5.41, 5.74) is 0. The summed E-state index contributed by atoms with van der Waals surface area (Å²) in [6.07, 6.45) is 2.84. The molecule has 3 nitrogen and oxygen atoms in total. The van der Waals surface area contributed by atoms with Gasteiger partial charge in [0.05, 0.1) is 0 Å². The Labute approximate surface area is 73.0 Å². The lowest BCUT2D eigenvalue weighted by atomic mass is 10.2. The normalized spacial score (nSPS) is 18.7. The predicted molar refractivity (Wildman–Crippen MR) is 46.6 cm³/mol. The van der Waals surface area contributed by atoms with Crippen LogP contribution in [-0.4, -0.2) is 30.5 Å². The quantitative estimate of drug-likeness (QED) is 0.581. The molecule has 0 aromatic heterocycles. The van der Waals surface area contributed by atoms with Crippen LogP contribution in [0.25, 0.3) is 0 Å². The minimum Gasteiger partial charge on any atom is -0.432 e. The Morgan fingerprint density at radius 2 is 2.50 bits per heavy atom. The molecule has 68 valence electrons. The summed E-state index contributed by atoms with van der Waals surface area (Å²) in [5.74, 6) is 0.610. The number of ether oxygens (including phenoxy) is 1. The van der Waals surface area contributed by atoms with Gasteiger partial charge in [0.1, 0.15) is 5.76 Å². The Morgan fingerprint density at radius 1 is 1.75 bits per heavy atom. The highest BCUT2D eigenvalue weighted by Crippen LogP contribution is 2.11. The second kappa shape index (κ2) is 4.26. The van der Waals surface area contributed by atoms with E-state index in [1.165, 1.54) is 6.92 Å². The number of hydrogen-bond donors (Lipinski definition) is 0. The van der Waals surface area contributed by atoms with Crippen molar-refractivity contribution in [3.8, 4) is 0 Å². The molecule has 0 aliphatic carbocycles. The molecule has 0 aromatic carbocycles. The molecule has 0 spiro atoms. The number of likely N-dealkylation sites (N-methyl/N-ethyl adjacent to an activating group) is 1. The van der Waals surface area contributed by atoms with Crippen molar-refractivity contribution in [3.05, 3.63) is 11.8 Å². The summed E-state index contributed by atoms with van der Waals surface area (Å²) < 4.78 is 4.98. The first kappa shape index (κ1) is 9.26. The van der Waals surface area contributed by atoms with Crippen molar-refractivity contribution in [1.29, 1.82) is 0 Å². The first-order chi connectivity index (χ1) is 5.72. The van der Waals surface area contributed by atoms with E-state index in [1.807, 2.05) is 6.08 Å². The zero-order valence-electron chi connectivity index (χ0n) is 7.67. The van der Waals surface area contributed by atoms with E-state index in [2.05, 4.69) is 11.8 Å². The fourth-order valence-corrected chi connectivity index (χ4v) is 1.26. The van der Waals surface area contributed by atoms with Crippen molar-refractivity contribution in [1.82, 2.24) is 4.90 Å². The van der Waals surface area contributed by atoms with Crippen LogP contribution in [0.15, 0.2) is 11.8 Å². The summed E-state index contributed by atoms with van der Waals surface area (Å²) in [6.45, 7) is 6.52. The van der Waals surface area contributed by atoms with Gasteiger partial charge in [-0.15, -0.1) is 0 Å². The van der Waals surface area contributed by atoms with Crippen LogP contribution in [0.4, 0.5) is 0 Å². The molecule has 1 aliphatic rings. The minimum absolute atomic E-state index is 0.216. The number of rotatable bonds is 2. The van der Waals surface area contributed by atoms with E-state index in [0.717, 1.165) is 31.8 Å². The van der Waals surface area contributed by atoms with Crippen LogP contribution in [0.1, 0.15) is 20.3 Å². The predicted octanol–water partition coefficient (Wildman–Crippen LogP) is 1.16. The molecule has 1 aliphatic heterocycles. The fraction of sp³-hybridized carbons (Fsp3) is 0.667. The fourth-order valence-electron chi connectivity index (χ4n) is 1.26. The van der Waals surface area contributed by atoms with Gasteiger partial charge in [-0.3, -0.25) is 9.69 Å². The van der Waals surface area contributed by atoms with Gasteiger partial charge in [0.2, 0.25) is 0 Å². The maximum absolute atomic E-state index is 10.6. The molecule has 0 amide bonds. The third kappa shape index (κ3) is 2.66. The standard InChI is InChI=1S/C9H15NO2/c1-3-10-6-4-9(5-7-10)12-8(2)11/h4H,3,5-7H2,1-2H3. The topological polar surface area (TPSA) is 29.5 Å². The monoisotopic (exact) mass is 169 g/mol. The Balaban J connectivity index is 2.39. The van der Waals surface area contributed by atoms with Gasteiger partial charge in [-0.25, -0.2) is 0 Å². The Bertz CT molecular complexity index is 199. The van der Waals surface area contributed by atoms with Crippen molar-refractivity contribution >= 4 is 5.97 Å². The highest BCUT2D eigenvalue weighted by molar-refractivity contribution is 5.67. The summed E-state index contributed by atoms with van der Waals surface area (Å²) in [4.78, 5) is 12.9. The van der Waals surface area contributed by atoms with E-state index >= 15 is 0 Å². The highest BCUT2D eigenvalue weighted by Gasteiger charge is 2.11. The van der Waals surface area contributed by atoms with E-state index in [1.54, 1.807) is 0 Å². The molecular weight excluding hydrogens is 154 g/mol. The SMILES string of the molecule is CCN1CC=C(OC(C)=O)CC1. The average Bonchev–Trinajstić information content (AvgIpc) is 2.05. The van der Waals surface area contributed by atoms with Crippen molar-refractivity contribution < 1.29 is 9.53 Å². The van der Waals surface area contributed by atoms with E-state index < -0.39 is 0 Å². The molecule has 0 bridgehead atoms. The Morgan fingerprint density at radius 3 is 2.92 bits per heavy atom. The lowest BCUT2D eigenvalue weighted by molar-refractivity contribution is -0.137. The first-order valence-electron chi connectivity index (χ1n) is 4.32. The van der Waals surface area contributed by atoms with Gasteiger partial charge in [0.25, 0.3) is 0 Å². The molecule has 3 heteroatoms. The van der Waals surface area contributed by atoms with Gasteiger partial charge in [-0.1, -0.05) is 6.92 Å². The van der Waals surface area contributed by atoms with E-state index in [0.29, 0.717) is 0 Å². The number of nitrogens with zero attached hydrogens (tertiary/aromatic N) is 1. The Kier molecular flexibility index (Phi) is 3.29. The summed E-state index contributed by atoms with van der Waals surface area (Å²) in [5, 5.41) is 0. The van der Waals surface area contributed by atoms with E-state index in [9.17, 15) is 4.79 Å². The summed E-state index contributed by atoms with van der Waals surface area (Å²) in [7, 11) is 0. The van der Waals surface area contributed by atoms with Crippen molar-refractivity contribution in [2.45, 2.75) is 20.3 Å². The molecule has 0 saturated heterocycles. The molecule has 0 radical (unpaired) electrons. The maximum Gasteiger partial charge on any atom is 0.307 e. The van der Waals surface area contributed by atoms with Gasteiger partial charge in [-0.2, -0.15) is 0 Å².